The second kappa shape index (κ2) is 7.60. The van der Waals surface area contributed by atoms with Gasteiger partial charge in [-0.25, -0.2) is 0 Å². The molecule has 1 aromatic rings. The second-order valence-electron chi connectivity index (χ2n) is 7.78. The highest BCUT2D eigenvalue weighted by Crippen LogP contribution is 2.36. The highest BCUT2D eigenvalue weighted by Gasteiger charge is 2.42. The maximum atomic E-state index is 12.5. The van der Waals surface area contributed by atoms with Gasteiger partial charge < -0.3 is 9.64 Å². The van der Waals surface area contributed by atoms with Gasteiger partial charge in [0.15, 0.2) is 5.78 Å². The fourth-order valence-electron chi connectivity index (χ4n) is 4.16. The average molecular weight is 357 g/mol. The van der Waals surface area contributed by atoms with Crippen LogP contribution in [0.1, 0.15) is 56.8 Å². The van der Waals surface area contributed by atoms with E-state index in [2.05, 4.69) is 13.8 Å². The number of ketones is 1. The molecule has 0 unspecified atom stereocenters. The molecule has 26 heavy (non-hydrogen) atoms. The third-order valence-corrected chi connectivity index (χ3v) is 6.04. The first kappa shape index (κ1) is 18.6. The van der Waals surface area contributed by atoms with E-state index in [9.17, 15) is 14.4 Å². The Hall–Kier alpha value is -2.17. The Balaban J connectivity index is 1.62. The summed E-state index contributed by atoms with van der Waals surface area (Å²) in [6.45, 7) is 6.40. The number of ether oxygens (including phenoxy) is 1. The molecule has 0 radical (unpaired) electrons. The van der Waals surface area contributed by atoms with Gasteiger partial charge in [0.1, 0.15) is 5.75 Å². The van der Waals surface area contributed by atoms with Crippen molar-refractivity contribution >= 4 is 17.7 Å². The first-order chi connectivity index (χ1) is 12.4. The molecule has 2 fully saturated rings. The minimum Gasteiger partial charge on any atom is -0.426 e. The van der Waals surface area contributed by atoms with Crippen molar-refractivity contribution in [1.29, 1.82) is 0 Å². The van der Waals surface area contributed by atoms with E-state index in [1.807, 2.05) is 4.90 Å². The summed E-state index contributed by atoms with van der Waals surface area (Å²) in [6, 6.07) is 6.76. The lowest BCUT2D eigenvalue weighted by Gasteiger charge is -2.39. The molecule has 1 heterocycles. The molecule has 1 aliphatic heterocycles. The van der Waals surface area contributed by atoms with E-state index in [0.717, 1.165) is 12.8 Å². The van der Waals surface area contributed by atoms with Gasteiger partial charge in [0.2, 0.25) is 5.91 Å². The number of amides is 1. The molecule has 4 atom stereocenters. The Bertz CT molecular complexity index is 696. The number of carbonyl (C=O) groups excluding carboxylic acids is 3. The predicted octanol–water partition coefficient (Wildman–Crippen LogP) is 3.47. The third kappa shape index (κ3) is 3.81. The van der Waals surface area contributed by atoms with Gasteiger partial charge in [-0.2, -0.15) is 0 Å². The normalized spacial score (nSPS) is 28.9. The first-order valence-electron chi connectivity index (χ1n) is 9.49. The average Bonchev–Trinajstić information content (AvgIpc) is 2.99. The van der Waals surface area contributed by atoms with Crippen LogP contribution >= 0.6 is 0 Å². The summed E-state index contributed by atoms with van der Waals surface area (Å²) in [5.41, 5.74) is 0.576. The molecule has 1 aliphatic carbocycles. The van der Waals surface area contributed by atoms with Crippen LogP contribution in [0, 0.1) is 17.8 Å². The third-order valence-electron chi connectivity index (χ3n) is 6.04. The standard InChI is InChI=1S/C21H27NO4/c1-13-5-4-6-19(14(13)2)22-12-17(11-20(22)24)21(25)26-18-9-7-16(8-10-18)15(3)23/h7-10,13-14,17,19H,4-6,11-12H2,1-3H3/t13-,14-,17-,19-/m1/s1. The second-order valence-corrected chi connectivity index (χ2v) is 7.78. The molecule has 0 spiro atoms. The molecule has 0 bridgehead atoms. The van der Waals surface area contributed by atoms with Gasteiger partial charge >= 0.3 is 5.97 Å². The SMILES string of the molecule is CC(=O)c1ccc(OC(=O)[C@@H]2CC(=O)N([C@@H]3CCC[C@@H](C)[C@H]3C)C2)cc1. The largest absolute Gasteiger partial charge is 0.426 e. The smallest absolute Gasteiger partial charge is 0.316 e. The molecule has 1 aromatic carbocycles. The van der Waals surface area contributed by atoms with Crippen molar-refractivity contribution in [1.82, 2.24) is 4.90 Å². The zero-order valence-corrected chi connectivity index (χ0v) is 15.7. The van der Waals surface area contributed by atoms with Gasteiger partial charge in [-0.15, -0.1) is 0 Å². The number of rotatable bonds is 4. The minimum absolute atomic E-state index is 0.0317. The number of hydrogen-bond donors (Lipinski definition) is 0. The first-order valence-corrected chi connectivity index (χ1v) is 9.49. The van der Waals surface area contributed by atoms with E-state index in [4.69, 9.17) is 4.74 Å². The van der Waals surface area contributed by atoms with Crippen LogP contribution in [0.2, 0.25) is 0 Å². The molecule has 1 saturated carbocycles. The van der Waals surface area contributed by atoms with E-state index < -0.39 is 5.92 Å². The van der Waals surface area contributed by atoms with Crippen LogP contribution in [-0.4, -0.2) is 35.1 Å². The van der Waals surface area contributed by atoms with Crippen molar-refractivity contribution in [2.75, 3.05) is 6.54 Å². The summed E-state index contributed by atoms with van der Waals surface area (Å²) in [5.74, 6) is 0.715. The number of Topliss-reactive ketones (excluding diaryl/α,β-unsaturated/α-hetero) is 1. The summed E-state index contributed by atoms with van der Waals surface area (Å²) >= 11 is 0. The summed E-state index contributed by atoms with van der Waals surface area (Å²) in [5, 5.41) is 0. The van der Waals surface area contributed by atoms with Crippen LogP contribution in [0.3, 0.4) is 0 Å². The van der Waals surface area contributed by atoms with Crippen LogP contribution < -0.4 is 4.74 Å². The van der Waals surface area contributed by atoms with E-state index in [-0.39, 0.29) is 30.1 Å². The molecule has 5 nitrogen and oxygen atoms in total. The highest BCUT2D eigenvalue weighted by molar-refractivity contribution is 5.94. The number of benzene rings is 1. The van der Waals surface area contributed by atoms with E-state index in [0.29, 0.717) is 29.7 Å². The van der Waals surface area contributed by atoms with Gasteiger partial charge in [-0.1, -0.05) is 26.7 Å². The van der Waals surface area contributed by atoms with Crippen molar-refractivity contribution in [2.45, 2.75) is 52.5 Å². The Morgan fingerprint density at radius 2 is 1.81 bits per heavy atom. The fraction of sp³-hybridized carbons (Fsp3) is 0.571. The Kier molecular flexibility index (Phi) is 5.44. The fourth-order valence-corrected chi connectivity index (χ4v) is 4.16. The molecular formula is C21H27NO4. The summed E-state index contributed by atoms with van der Waals surface area (Å²) in [6.07, 6.45) is 3.59. The topological polar surface area (TPSA) is 63.7 Å². The molecule has 0 aromatic heterocycles. The van der Waals surface area contributed by atoms with Crippen LogP contribution in [0.4, 0.5) is 0 Å². The lowest BCUT2D eigenvalue weighted by Crippen LogP contribution is -2.45. The van der Waals surface area contributed by atoms with Crippen molar-refractivity contribution in [3.8, 4) is 5.75 Å². The molecule has 140 valence electrons. The number of likely N-dealkylation sites (tertiary alicyclic amines) is 1. The van der Waals surface area contributed by atoms with Crippen LogP contribution in [0.25, 0.3) is 0 Å². The maximum absolute atomic E-state index is 12.5. The Morgan fingerprint density at radius 1 is 1.12 bits per heavy atom. The Labute approximate surface area is 154 Å². The van der Waals surface area contributed by atoms with Crippen LogP contribution in [0.15, 0.2) is 24.3 Å². The van der Waals surface area contributed by atoms with Crippen molar-refractivity contribution in [3.63, 3.8) is 0 Å². The molecule has 0 N–H and O–H groups in total. The molecule has 5 heteroatoms. The van der Waals surface area contributed by atoms with Gasteiger partial charge in [-0.3, -0.25) is 14.4 Å². The summed E-state index contributed by atoms with van der Waals surface area (Å²) in [4.78, 5) is 38.2. The Morgan fingerprint density at radius 3 is 2.46 bits per heavy atom. The lowest BCUT2D eigenvalue weighted by atomic mass is 9.77. The van der Waals surface area contributed by atoms with Gasteiger partial charge in [0.05, 0.1) is 5.92 Å². The number of esters is 1. The van der Waals surface area contributed by atoms with Gasteiger partial charge in [0, 0.05) is 24.6 Å². The molecule has 1 saturated heterocycles. The summed E-state index contributed by atoms with van der Waals surface area (Å²) < 4.78 is 5.44. The van der Waals surface area contributed by atoms with Crippen molar-refractivity contribution in [2.24, 2.45) is 17.8 Å². The quantitative estimate of drug-likeness (QED) is 0.470. The zero-order valence-electron chi connectivity index (χ0n) is 15.7. The van der Waals surface area contributed by atoms with Crippen LogP contribution in [0.5, 0.6) is 5.75 Å². The number of hydrogen-bond acceptors (Lipinski definition) is 4. The highest BCUT2D eigenvalue weighted by atomic mass is 16.5. The monoisotopic (exact) mass is 357 g/mol. The minimum atomic E-state index is -0.417. The van der Waals surface area contributed by atoms with E-state index in [1.165, 1.54) is 13.3 Å². The van der Waals surface area contributed by atoms with Crippen LogP contribution in [-0.2, 0) is 9.59 Å². The van der Waals surface area contributed by atoms with Gasteiger partial charge in [-0.05, 0) is 49.4 Å². The molecule has 1 amide bonds. The predicted molar refractivity (Wildman–Crippen MR) is 97.9 cm³/mol. The zero-order chi connectivity index (χ0) is 18.8. The molecule has 2 aliphatic rings. The van der Waals surface area contributed by atoms with E-state index in [1.54, 1.807) is 24.3 Å². The maximum Gasteiger partial charge on any atom is 0.316 e. The lowest BCUT2D eigenvalue weighted by molar-refractivity contribution is -0.139. The molecular weight excluding hydrogens is 330 g/mol. The number of nitrogens with zero attached hydrogens (tertiary/aromatic N) is 1. The number of carbonyl (C=O) groups is 3. The molecule has 3 rings (SSSR count). The summed E-state index contributed by atoms with van der Waals surface area (Å²) in [7, 11) is 0. The van der Waals surface area contributed by atoms with Gasteiger partial charge in [0.25, 0.3) is 0 Å². The van der Waals surface area contributed by atoms with E-state index >= 15 is 0 Å². The van der Waals surface area contributed by atoms with Crippen molar-refractivity contribution < 1.29 is 19.1 Å². The van der Waals surface area contributed by atoms with Crippen molar-refractivity contribution in [3.05, 3.63) is 29.8 Å².